The molecule has 20 heavy (non-hydrogen) atoms. The number of carbonyl (C=O) groups excluding carboxylic acids is 1. The number of ether oxygens (including phenoxy) is 2. The Morgan fingerprint density at radius 2 is 1.85 bits per heavy atom. The highest BCUT2D eigenvalue weighted by Gasteiger charge is 2.32. The second-order valence-electron chi connectivity index (χ2n) is 7.56. The Morgan fingerprint density at radius 1 is 1.15 bits per heavy atom. The van der Waals surface area contributed by atoms with Gasteiger partial charge in [-0.3, -0.25) is 4.79 Å². The van der Waals surface area contributed by atoms with Gasteiger partial charge in [-0.1, -0.05) is 25.7 Å². The van der Waals surface area contributed by atoms with Gasteiger partial charge in [-0.05, 0) is 51.4 Å². The predicted molar refractivity (Wildman–Crippen MR) is 79.5 cm³/mol. The lowest BCUT2D eigenvalue weighted by molar-refractivity contribution is -0.158. The molecule has 1 saturated heterocycles. The summed E-state index contributed by atoms with van der Waals surface area (Å²) in [5.41, 5.74) is -0.381. The van der Waals surface area contributed by atoms with Crippen molar-refractivity contribution < 1.29 is 14.3 Å². The smallest absolute Gasteiger partial charge is 0.306 e. The predicted octanol–water partition coefficient (Wildman–Crippen LogP) is 3.95. The molecule has 3 nitrogen and oxygen atoms in total. The maximum atomic E-state index is 12.0. The van der Waals surface area contributed by atoms with Gasteiger partial charge in [0.25, 0.3) is 0 Å². The molecule has 2 atom stereocenters. The van der Waals surface area contributed by atoms with Gasteiger partial charge in [-0.2, -0.15) is 0 Å². The first-order valence-electron chi connectivity index (χ1n) is 8.23. The van der Waals surface area contributed by atoms with E-state index in [1.165, 1.54) is 32.1 Å². The molecule has 0 amide bonds. The van der Waals surface area contributed by atoms with Gasteiger partial charge in [0.05, 0.1) is 13.0 Å². The summed E-state index contributed by atoms with van der Waals surface area (Å²) in [6.45, 7) is 7.38. The molecule has 1 saturated carbocycles. The first-order chi connectivity index (χ1) is 9.44. The Kier molecular flexibility index (Phi) is 5.48. The van der Waals surface area contributed by atoms with E-state index in [0.717, 1.165) is 25.6 Å². The van der Waals surface area contributed by atoms with Gasteiger partial charge in [0, 0.05) is 6.61 Å². The number of carbonyl (C=O) groups is 1. The van der Waals surface area contributed by atoms with Crippen LogP contribution >= 0.6 is 0 Å². The van der Waals surface area contributed by atoms with Crippen molar-refractivity contribution in [2.45, 2.75) is 71.3 Å². The van der Waals surface area contributed by atoms with Crippen LogP contribution in [0, 0.1) is 17.8 Å². The first-order valence-corrected chi connectivity index (χ1v) is 8.23. The monoisotopic (exact) mass is 282 g/mol. The van der Waals surface area contributed by atoms with Gasteiger partial charge in [-0.25, -0.2) is 0 Å². The summed E-state index contributed by atoms with van der Waals surface area (Å²) in [4.78, 5) is 12.0. The third kappa shape index (κ3) is 5.08. The molecule has 0 radical (unpaired) electrons. The minimum absolute atomic E-state index is 0.0654. The van der Waals surface area contributed by atoms with Crippen LogP contribution in [0.2, 0.25) is 0 Å². The van der Waals surface area contributed by atoms with Gasteiger partial charge in [0.1, 0.15) is 5.60 Å². The lowest BCUT2D eigenvalue weighted by Crippen LogP contribution is -2.33. The zero-order valence-corrected chi connectivity index (χ0v) is 13.3. The molecule has 0 aromatic rings. The molecule has 0 N–H and O–H groups in total. The van der Waals surface area contributed by atoms with E-state index >= 15 is 0 Å². The molecule has 3 heteroatoms. The van der Waals surface area contributed by atoms with Crippen molar-refractivity contribution in [3.63, 3.8) is 0 Å². The molecule has 116 valence electrons. The van der Waals surface area contributed by atoms with Crippen LogP contribution in [0.1, 0.15) is 65.7 Å². The SMILES string of the molecule is CC(C)(C)OC(=O)C[C@H]1COCC[C@@H]1CC1CCCC1. The molecule has 0 bridgehead atoms. The van der Waals surface area contributed by atoms with E-state index in [9.17, 15) is 4.79 Å². The maximum absolute atomic E-state index is 12.0. The topological polar surface area (TPSA) is 35.5 Å². The van der Waals surface area contributed by atoms with Crippen LogP contribution in [0.4, 0.5) is 0 Å². The van der Waals surface area contributed by atoms with Crippen molar-refractivity contribution in [1.29, 1.82) is 0 Å². The summed E-state index contributed by atoms with van der Waals surface area (Å²) >= 11 is 0. The van der Waals surface area contributed by atoms with Crippen molar-refractivity contribution in [1.82, 2.24) is 0 Å². The van der Waals surface area contributed by atoms with Gasteiger partial charge in [-0.15, -0.1) is 0 Å². The highest BCUT2D eigenvalue weighted by Crippen LogP contribution is 2.37. The van der Waals surface area contributed by atoms with Crippen LogP contribution in [0.15, 0.2) is 0 Å². The Morgan fingerprint density at radius 3 is 2.50 bits per heavy atom. The Bertz CT molecular complexity index is 313. The molecular formula is C17H30O3. The third-order valence-corrected chi connectivity index (χ3v) is 4.59. The molecule has 0 unspecified atom stereocenters. The summed E-state index contributed by atoms with van der Waals surface area (Å²) in [5, 5.41) is 0. The molecule has 0 spiro atoms. The van der Waals surface area contributed by atoms with Crippen LogP contribution in [0.3, 0.4) is 0 Å². The van der Waals surface area contributed by atoms with Crippen LogP contribution in [0.25, 0.3) is 0 Å². The van der Waals surface area contributed by atoms with Crippen molar-refractivity contribution >= 4 is 5.97 Å². The Labute approximate surface area is 123 Å². The van der Waals surface area contributed by atoms with Gasteiger partial charge in [0.2, 0.25) is 0 Å². The fraction of sp³-hybridized carbons (Fsp3) is 0.941. The Balaban J connectivity index is 1.84. The van der Waals surface area contributed by atoms with Crippen molar-refractivity contribution in [2.75, 3.05) is 13.2 Å². The lowest BCUT2D eigenvalue weighted by Gasteiger charge is -2.33. The molecule has 1 aliphatic heterocycles. The van der Waals surface area contributed by atoms with Crippen LogP contribution in [-0.4, -0.2) is 24.8 Å². The normalized spacial score (nSPS) is 28.6. The van der Waals surface area contributed by atoms with E-state index in [-0.39, 0.29) is 11.6 Å². The minimum atomic E-state index is -0.381. The number of hydrogen-bond donors (Lipinski definition) is 0. The van der Waals surface area contributed by atoms with E-state index in [1.807, 2.05) is 20.8 Å². The van der Waals surface area contributed by atoms with Crippen molar-refractivity contribution in [3.8, 4) is 0 Å². The maximum Gasteiger partial charge on any atom is 0.306 e. The molecule has 0 aromatic carbocycles. The van der Waals surface area contributed by atoms with Crippen molar-refractivity contribution in [2.24, 2.45) is 17.8 Å². The first kappa shape index (κ1) is 15.8. The Hall–Kier alpha value is -0.570. The minimum Gasteiger partial charge on any atom is -0.460 e. The second-order valence-corrected chi connectivity index (χ2v) is 7.56. The van der Waals surface area contributed by atoms with Crippen LogP contribution in [0.5, 0.6) is 0 Å². The molecule has 2 rings (SSSR count). The van der Waals surface area contributed by atoms with E-state index in [0.29, 0.717) is 18.3 Å². The van der Waals surface area contributed by atoms with Gasteiger partial charge in [0.15, 0.2) is 0 Å². The fourth-order valence-electron chi connectivity index (χ4n) is 3.65. The molecule has 1 aliphatic carbocycles. The summed E-state index contributed by atoms with van der Waals surface area (Å²) in [5.74, 6) is 1.84. The average molecular weight is 282 g/mol. The van der Waals surface area contributed by atoms with Crippen LogP contribution < -0.4 is 0 Å². The second kappa shape index (κ2) is 6.93. The lowest BCUT2D eigenvalue weighted by atomic mass is 9.79. The highest BCUT2D eigenvalue weighted by atomic mass is 16.6. The van der Waals surface area contributed by atoms with Crippen molar-refractivity contribution in [3.05, 3.63) is 0 Å². The molecular weight excluding hydrogens is 252 g/mol. The van der Waals surface area contributed by atoms with Gasteiger partial charge >= 0.3 is 5.97 Å². The van der Waals surface area contributed by atoms with E-state index in [4.69, 9.17) is 9.47 Å². The molecule has 1 heterocycles. The van der Waals surface area contributed by atoms with E-state index in [2.05, 4.69) is 0 Å². The third-order valence-electron chi connectivity index (χ3n) is 4.59. The van der Waals surface area contributed by atoms with Gasteiger partial charge < -0.3 is 9.47 Å². The number of esters is 1. The largest absolute Gasteiger partial charge is 0.460 e. The zero-order valence-electron chi connectivity index (χ0n) is 13.3. The summed E-state index contributed by atoms with van der Waals surface area (Å²) in [7, 11) is 0. The fourth-order valence-corrected chi connectivity index (χ4v) is 3.65. The molecule has 0 aromatic heterocycles. The molecule has 2 aliphatic rings. The average Bonchev–Trinajstić information content (AvgIpc) is 2.82. The van der Waals surface area contributed by atoms with Crippen LogP contribution in [-0.2, 0) is 14.3 Å². The standard InChI is InChI=1S/C17H30O3/c1-17(2,3)20-16(18)11-15-12-19-9-8-14(15)10-13-6-4-5-7-13/h13-15H,4-12H2,1-3H3/t14-,15+/m1/s1. The highest BCUT2D eigenvalue weighted by molar-refractivity contribution is 5.70. The summed E-state index contributed by atoms with van der Waals surface area (Å²) in [6.07, 6.45) is 8.48. The summed E-state index contributed by atoms with van der Waals surface area (Å²) in [6, 6.07) is 0. The quantitative estimate of drug-likeness (QED) is 0.732. The zero-order chi connectivity index (χ0) is 14.6. The van der Waals surface area contributed by atoms with E-state index in [1.54, 1.807) is 0 Å². The number of rotatable bonds is 4. The number of hydrogen-bond acceptors (Lipinski definition) is 3. The van der Waals surface area contributed by atoms with E-state index < -0.39 is 0 Å². The summed E-state index contributed by atoms with van der Waals surface area (Å²) < 4.78 is 11.1. The molecule has 2 fully saturated rings.